The molecule has 4 heteroatoms. The Morgan fingerprint density at radius 1 is 1.64 bits per heavy atom. The molecule has 0 aromatic carbocycles. The minimum Gasteiger partial charge on any atom is -0.383 e. The van der Waals surface area contributed by atoms with Gasteiger partial charge >= 0.3 is 0 Å². The van der Waals surface area contributed by atoms with Crippen LogP contribution >= 0.6 is 15.9 Å². The Balaban J connectivity index is 2.62. The molecule has 0 bridgehead atoms. The Hall–Kier alpha value is -0.610. The fourth-order valence-corrected chi connectivity index (χ4v) is 1.54. The first-order valence-electron chi connectivity index (χ1n) is 4.64. The van der Waals surface area contributed by atoms with Crippen molar-refractivity contribution in [2.24, 2.45) is 0 Å². The number of nitrogens with zero attached hydrogens (tertiary/aromatic N) is 1. The van der Waals surface area contributed by atoms with Crippen molar-refractivity contribution in [1.29, 1.82) is 0 Å². The smallest absolute Gasteiger partial charge is 0.129 e. The van der Waals surface area contributed by atoms with E-state index in [1.165, 1.54) is 0 Å². The van der Waals surface area contributed by atoms with E-state index in [1.54, 1.807) is 13.3 Å². The van der Waals surface area contributed by atoms with E-state index in [-0.39, 0.29) is 0 Å². The van der Waals surface area contributed by atoms with Gasteiger partial charge in [0.25, 0.3) is 0 Å². The lowest BCUT2D eigenvalue weighted by atomic mass is 10.2. The van der Waals surface area contributed by atoms with Crippen molar-refractivity contribution in [3.8, 4) is 0 Å². The van der Waals surface area contributed by atoms with E-state index in [4.69, 9.17) is 4.74 Å². The Morgan fingerprint density at radius 2 is 2.43 bits per heavy atom. The standard InChI is InChI=1S/C10H15BrN2O/c1-3-8(7-14-2)13-9-5-4-6-12-10(9)11/h4-6,8,13H,3,7H2,1-2H3. The average molecular weight is 259 g/mol. The van der Waals surface area contributed by atoms with Crippen molar-refractivity contribution in [2.45, 2.75) is 19.4 Å². The maximum absolute atomic E-state index is 5.11. The summed E-state index contributed by atoms with van der Waals surface area (Å²) in [7, 11) is 1.71. The van der Waals surface area contributed by atoms with Gasteiger partial charge in [0.2, 0.25) is 0 Å². The molecule has 0 aliphatic rings. The van der Waals surface area contributed by atoms with E-state index < -0.39 is 0 Å². The predicted octanol–water partition coefficient (Wildman–Crippen LogP) is 2.68. The number of anilines is 1. The van der Waals surface area contributed by atoms with Crippen LogP contribution in [0.4, 0.5) is 5.69 Å². The van der Waals surface area contributed by atoms with Gasteiger partial charge in [0, 0.05) is 19.3 Å². The van der Waals surface area contributed by atoms with Gasteiger partial charge < -0.3 is 10.1 Å². The monoisotopic (exact) mass is 258 g/mol. The van der Waals surface area contributed by atoms with Crippen molar-refractivity contribution < 1.29 is 4.74 Å². The molecule has 0 radical (unpaired) electrons. The molecule has 0 spiro atoms. The van der Waals surface area contributed by atoms with Crippen molar-refractivity contribution in [3.63, 3.8) is 0 Å². The number of hydrogen-bond acceptors (Lipinski definition) is 3. The summed E-state index contributed by atoms with van der Waals surface area (Å²) < 4.78 is 5.95. The molecule has 0 saturated carbocycles. The Labute approximate surface area is 93.0 Å². The summed E-state index contributed by atoms with van der Waals surface area (Å²) in [5.74, 6) is 0. The van der Waals surface area contributed by atoms with E-state index in [0.29, 0.717) is 12.6 Å². The van der Waals surface area contributed by atoms with Gasteiger partial charge in [-0.2, -0.15) is 0 Å². The lowest BCUT2D eigenvalue weighted by molar-refractivity contribution is 0.184. The Bertz CT molecular complexity index is 281. The van der Waals surface area contributed by atoms with Gasteiger partial charge in [0.1, 0.15) is 4.60 Å². The highest BCUT2D eigenvalue weighted by Gasteiger charge is 2.07. The van der Waals surface area contributed by atoms with Crippen LogP contribution in [0.15, 0.2) is 22.9 Å². The molecule has 0 saturated heterocycles. The van der Waals surface area contributed by atoms with Gasteiger partial charge in [-0.3, -0.25) is 0 Å². The van der Waals surface area contributed by atoms with Gasteiger partial charge in [-0.1, -0.05) is 6.92 Å². The topological polar surface area (TPSA) is 34.1 Å². The lowest BCUT2D eigenvalue weighted by Crippen LogP contribution is -2.24. The molecule has 0 fully saturated rings. The van der Waals surface area contributed by atoms with Crippen LogP contribution in [0.5, 0.6) is 0 Å². The molecule has 1 unspecified atom stereocenters. The van der Waals surface area contributed by atoms with Crippen molar-refractivity contribution in [2.75, 3.05) is 19.0 Å². The molecule has 78 valence electrons. The summed E-state index contributed by atoms with van der Waals surface area (Å²) in [6.45, 7) is 2.83. The van der Waals surface area contributed by atoms with E-state index in [0.717, 1.165) is 16.7 Å². The predicted molar refractivity (Wildman–Crippen MR) is 61.5 cm³/mol. The summed E-state index contributed by atoms with van der Waals surface area (Å²) in [6, 6.07) is 4.24. The molecule has 0 aliphatic carbocycles. The summed E-state index contributed by atoms with van der Waals surface area (Å²) in [6.07, 6.45) is 2.78. The molecule has 1 heterocycles. The van der Waals surface area contributed by atoms with Gasteiger partial charge in [0.05, 0.1) is 12.3 Å². The largest absolute Gasteiger partial charge is 0.383 e. The van der Waals surface area contributed by atoms with Crippen LogP contribution in [-0.2, 0) is 4.74 Å². The van der Waals surface area contributed by atoms with Gasteiger partial charge in [-0.15, -0.1) is 0 Å². The molecule has 1 rings (SSSR count). The van der Waals surface area contributed by atoms with Crippen LogP contribution < -0.4 is 5.32 Å². The second-order valence-corrected chi connectivity index (χ2v) is 3.80. The Kier molecular flexibility index (Phi) is 4.90. The number of rotatable bonds is 5. The molecule has 1 aromatic heterocycles. The molecule has 1 aromatic rings. The van der Waals surface area contributed by atoms with Gasteiger partial charge in [0.15, 0.2) is 0 Å². The first-order valence-corrected chi connectivity index (χ1v) is 5.43. The average Bonchev–Trinajstić information content (AvgIpc) is 2.20. The molecular formula is C10H15BrN2O. The van der Waals surface area contributed by atoms with Gasteiger partial charge in [-0.25, -0.2) is 4.98 Å². The zero-order valence-corrected chi connectivity index (χ0v) is 10.0. The quantitative estimate of drug-likeness (QED) is 0.825. The molecule has 0 amide bonds. The Morgan fingerprint density at radius 3 is 3.00 bits per heavy atom. The number of ether oxygens (including phenoxy) is 1. The first kappa shape index (κ1) is 11.5. The van der Waals surface area contributed by atoms with Crippen LogP contribution in [-0.4, -0.2) is 24.7 Å². The lowest BCUT2D eigenvalue weighted by Gasteiger charge is -2.17. The third kappa shape index (κ3) is 3.27. The second kappa shape index (κ2) is 5.98. The maximum atomic E-state index is 5.11. The highest BCUT2D eigenvalue weighted by Crippen LogP contribution is 2.19. The molecule has 0 aliphatic heterocycles. The molecular weight excluding hydrogens is 244 g/mol. The van der Waals surface area contributed by atoms with Gasteiger partial charge in [-0.05, 0) is 34.5 Å². The van der Waals surface area contributed by atoms with Crippen molar-refractivity contribution in [1.82, 2.24) is 4.98 Å². The SMILES string of the molecule is CCC(COC)Nc1cccnc1Br. The minimum atomic E-state index is 0.334. The molecule has 1 atom stereocenters. The first-order chi connectivity index (χ1) is 6.77. The number of hydrogen-bond donors (Lipinski definition) is 1. The third-order valence-corrected chi connectivity index (χ3v) is 2.61. The molecule has 1 N–H and O–H groups in total. The van der Waals surface area contributed by atoms with E-state index in [2.05, 4.69) is 33.2 Å². The number of nitrogens with one attached hydrogen (secondary N) is 1. The van der Waals surface area contributed by atoms with E-state index >= 15 is 0 Å². The summed E-state index contributed by atoms with van der Waals surface area (Å²) >= 11 is 3.39. The van der Waals surface area contributed by atoms with Crippen LogP contribution in [0.3, 0.4) is 0 Å². The fourth-order valence-electron chi connectivity index (χ4n) is 1.18. The highest BCUT2D eigenvalue weighted by atomic mass is 79.9. The number of halogens is 1. The second-order valence-electron chi connectivity index (χ2n) is 3.05. The summed E-state index contributed by atoms with van der Waals surface area (Å²) in [5, 5.41) is 3.36. The minimum absolute atomic E-state index is 0.334. The van der Waals surface area contributed by atoms with Crippen LogP contribution in [0, 0.1) is 0 Å². The van der Waals surface area contributed by atoms with Crippen LogP contribution in [0.25, 0.3) is 0 Å². The fraction of sp³-hybridized carbons (Fsp3) is 0.500. The van der Waals surface area contributed by atoms with E-state index in [9.17, 15) is 0 Å². The highest BCUT2D eigenvalue weighted by molar-refractivity contribution is 9.10. The molecule has 14 heavy (non-hydrogen) atoms. The summed E-state index contributed by atoms with van der Waals surface area (Å²) in [4.78, 5) is 4.14. The van der Waals surface area contributed by atoms with Crippen molar-refractivity contribution in [3.05, 3.63) is 22.9 Å². The zero-order chi connectivity index (χ0) is 10.4. The number of methoxy groups -OCH3 is 1. The van der Waals surface area contributed by atoms with Crippen LogP contribution in [0.1, 0.15) is 13.3 Å². The number of aromatic nitrogens is 1. The normalized spacial score (nSPS) is 12.5. The third-order valence-electron chi connectivity index (χ3n) is 1.98. The molecule has 3 nitrogen and oxygen atoms in total. The zero-order valence-electron chi connectivity index (χ0n) is 8.46. The maximum Gasteiger partial charge on any atom is 0.129 e. The number of pyridine rings is 1. The van der Waals surface area contributed by atoms with Crippen LogP contribution in [0.2, 0.25) is 0 Å². The van der Waals surface area contributed by atoms with E-state index in [1.807, 2.05) is 12.1 Å². The summed E-state index contributed by atoms with van der Waals surface area (Å²) in [5.41, 5.74) is 1.01. The van der Waals surface area contributed by atoms with Crippen molar-refractivity contribution >= 4 is 21.6 Å².